The van der Waals surface area contributed by atoms with Crippen LogP contribution in [-0.4, -0.2) is 23.7 Å². The van der Waals surface area contributed by atoms with E-state index in [1.807, 2.05) is 30.0 Å². The van der Waals surface area contributed by atoms with Gasteiger partial charge in [0.05, 0.1) is 7.11 Å². The highest BCUT2D eigenvalue weighted by Crippen LogP contribution is 2.48. The Morgan fingerprint density at radius 2 is 2.32 bits per heavy atom. The van der Waals surface area contributed by atoms with Gasteiger partial charge in [-0.2, -0.15) is 11.8 Å². The zero-order chi connectivity index (χ0) is 13.5. The van der Waals surface area contributed by atoms with Crippen molar-refractivity contribution >= 4 is 11.8 Å². The van der Waals surface area contributed by atoms with E-state index in [2.05, 4.69) is 6.92 Å². The number of thioether (sulfide) groups is 1. The molecule has 104 valence electrons. The molecule has 0 amide bonds. The van der Waals surface area contributed by atoms with E-state index in [1.54, 1.807) is 7.11 Å². The zero-order valence-electron chi connectivity index (χ0n) is 11.5. The van der Waals surface area contributed by atoms with Gasteiger partial charge >= 0.3 is 0 Å². The lowest BCUT2D eigenvalue weighted by atomic mass is 9.82. The lowest BCUT2D eigenvalue weighted by Gasteiger charge is -2.47. The monoisotopic (exact) mass is 279 g/mol. The summed E-state index contributed by atoms with van der Waals surface area (Å²) in [6.45, 7) is 2.27. The second kappa shape index (κ2) is 4.91. The summed E-state index contributed by atoms with van der Waals surface area (Å²) in [6.07, 6.45) is 3.23. The second-order valence-corrected chi connectivity index (χ2v) is 6.95. The second-order valence-electron chi connectivity index (χ2n) is 5.50. The molecule has 1 saturated heterocycles. The molecule has 0 bridgehead atoms. The molecular formula is C15H21NO2S. The van der Waals surface area contributed by atoms with Gasteiger partial charge in [0.1, 0.15) is 17.1 Å². The van der Waals surface area contributed by atoms with Gasteiger partial charge in [-0.3, -0.25) is 0 Å². The number of rotatable bonds is 1. The molecule has 0 saturated carbocycles. The van der Waals surface area contributed by atoms with Gasteiger partial charge in [0.25, 0.3) is 0 Å². The standard InChI is InChI=1S/C15H21NO2S/c1-10-15(6-3-7-19-10)9-13(16)12-8-11(17-2)4-5-14(12)18-15/h4-5,8,10,13H,3,6-7,9,16H2,1-2H3/t10?,13-,15?/m1/s1. The molecule has 3 atom stereocenters. The van der Waals surface area contributed by atoms with Crippen molar-refractivity contribution in [3.05, 3.63) is 23.8 Å². The highest BCUT2D eigenvalue weighted by molar-refractivity contribution is 8.00. The number of fused-ring (bicyclic) bond motifs is 1. The molecule has 2 unspecified atom stereocenters. The van der Waals surface area contributed by atoms with Crippen LogP contribution in [0.3, 0.4) is 0 Å². The average molecular weight is 279 g/mol. The molecule has 2 heterocycles. The molecule has 19 heavy (non-hydrogen) atoms. The van der Waals surface area contributed by atoms with E-state index in [4.69, 9.17) is 15.2 Å². The van der Waals surface area contributed by atoms with Crippen molar-refractivity contribution in [2.75, 3.05) is 12.9 Å². The number of benzene rings is 1. The van der Waals surface area contributed by atoms with Crippen molar-refractivity contribution in [2.45, 2.75) is 43.1 Å². The summed E-state index contributed by atoms with van der Waals surface area (Å²) >= 11 is 2.00. The maximum absolute atomic E-state index is 6.39. The highest BCUT2D eigenvalue weighted by atomic mass is 32.2. The van der Waals surface area contributed by atoms with Crippen molar-refractivity contribution in [2.24, 2.45) is 5.73 Å². The smallest absolute Gasteiger partial charge is 0.125 e. The van der Waals surface area contributed by atoms with Crippen LogP contribution in [0.15, 0.2) is 18.2 Å². The van der Waals surface area contributed by atoms with Crippen LogP contribution in [0.5, 0.6) is 11.5 Å². The van der Waals surface area contributed by atoms with Gasteiger partial charge in [-0.05, 0) is 43.7 Å². The topological polar surface area (TPSA) is 44.5 Å². The largest absolute Gasteiger partial charge is 0.497 e. The average Bonchev–Trinajstić information content (AvgIpc) is 2.42. The molecule has 4 heteroatoms. The quantitative estimate of drug-likeness (QED) is 0.858. The Morgan fingerprint density at radius 1 is 1.47 bits per heavy atom. The fourth-order valence-corrected chi connectivity index (χ4v) is 4.40. The Kier molecular flexibility index (Phi) is 3.39. The van der Waals surface area contributed by atoms with Crippen LogP contribution in [0.4, 0.5) is 0 Å². The predicted octanol–water partition coefficient (Wildman–Crippen LogP) is 3.13. The maximum Gasteiger partial charge on any atom is 0.125 e. The molecule has 1 fully saturated rings. The fourth-order valence-electron chi connectivity index (χ4n) is 3.17. The minimum absolute atomic E-state index is 0.0417. The summed E-state index contributed by atoms with van der Waals surface area (Å²) in [4.78, 5) is 0. The normalized spacial score (nSPS) is 33.6. The molecule has 1 spiro atoms. The van der Waals surface area contributed by atoms with Gasteiger partial charge in [0, 0.05) is 23.3 Å². The number of hydrogen-bond acceptors (Lipinski definition) is 4. The maximum atomic E-state index is 6.39. The summed E-state index contributed by atoms with van der Waals surface area (Å²) in [5.41, 5.74) is 7.39. The number of hydrogen-bond donors (Lipinski definition) is 1. The van der Waals surface area contributed by atoms with Crippen LogP contribution in [0, 0.1) is 0 Å². The Bertz CT molecular complexity index is 479. The first-order valence-electron chi connectivity index (χ1n) is 6.89. The number of methoxy groups -OCH3 is 1. The SMILES string of the molecule is COc1ccc2c(c1)[C@H](N)CC1(CCCSC1C)O2. The van der Waals surface area contributed by atoms with E-state index < -0.39 is 0 Å². The Morgan fingerprint density at radius 3 is 3.05 bits per heavy atom. The molecule has 3 rings (SSSR count). The van der Waals surface area contributed by atoms with Crippen LogP contribution in [0.1, 0.15) is 37.8 Å². The molecule has 1 aromatic carbocycles. The minimum atomic E-state index is -0.0794. The Labute approximate surface area is 118 Å². The summed E-state index contributed by atoms with van der Waals surface area (Å²) in [6, 6.07) is 6.00. The molecule has 2 N–H and O–H groups in total. The first kappa shape index (κ1) is 13.1. The van der Waals surface area contributed by atoms with Crippen LogP contribution in [0.2, 0.25) is 0 Å². The molecule has 3 nitrogen and oxygen atoms in total. The van der Waals surface area contributed by atoms with E-state index in [0.717, 1.165) is 29.9 Å². The van der Waals surface area contributed by atoms with Crippen LogP contribution < -0.4 is 15.2 Å². The van der Waals surface area contributed by atoms with Crippen LogP contribution in [-0.2, 0) is 0 Å². The van der Waals surface area contributed by atoms with Gasteiger partial charge in [-0.1, -0.05) is 0 Å². The van der Waals surface area contributed by atoms with Gasteiger partial charge in [-0.15, -0.1) is 0 Å². The van der Waals surface area contributed by atoms with Gasteiger partial charge in [-0.25, -0.2) is 0 Å². The first-order valence-corrected chi connectivity index (χ1v) is 7.94. The van der Waals surface area contributed by atoms with E-state index in [0.29, 0.717) is 5.25 Å². The van der Waals surface area contributed by atoms with Crippen LogP contribution >= 0.6 is 11.8 Å². The number of ether oxygens (including phenoxy) is 2. The van der Waals surface area contributed by atoms with Crippen molar-refractivity contribution < 1.29 is 9.47 Å². The van der Waals surface area contributed by atoms with Crippen LogP contribution in [0.25, 0.3) is 0 Å². The lowest BCUT2D eigenvalue weighted by molar-refractivity contribution is 0.0254. The summed E-state index contributed by atoms with van der Waals surface area (Å²) < 4.78 is 11.7. The van der Waals surface area contributed by atoms with E-state index in [1.165, 1.54) is 12.2 Å². The summed E-state index contributed by atoms with van der Waals surface area (Å²) in [5.74, 6) is 3.02. The predicted molar refractivity (Wildman–Crippen MR) is 79.1 cm³/mol. The van der Waals surface area contributed by atoms with Crippen molar-refractivity contribution in [1.82, 2.24) is 0 Å². The van der Waals surface area contributed by atoms with Gasteiger partial charge in [0.15, 0.2) is 0 Å². The molecule has 2 aliphatic heterocycles. The fraction of sp³-hybridized carbons (Fsp3) is 0.600. The summed E-state index contributed by atoms with van der Waals surface area (Å²) in [5, 5.41) is 0.502. The van der Waals surface area contributed by atoms with E-state index in [9.17, 15) is 0 Å². The van der Waals surface area contributed by atoms with Gasteiger partial charge < -0.3 is 15.2 Å². The molecular weight excluding hydrogens is 258 g/mol. The minimum Gasteiger partial charge on any atom is -0.497 e. The Balaban J connectivity index is 1.95. The third kappa shape index (κ3) is 2.21. The molecule has 0 aliphatic carbocycles. The third-order valence-corrected chi connectivity index (χ3v) is 5.80. The van der Waals surface area contributed by atoms with E-state index >= 15 is 0 Å². The molecule has 1 aromatic rings. The zero-order valence-corrected chi connectivity index (χ0v) is 12.3. The first-order chi connectivity index (χ1) is 9.14. The third-order valence-electron chi connectivity index (χ3n) is 4.35. The Hall–Kier alpha value is -0.870. The molecule has 0 aromatic heterocycles. The lowest BCUT2D eigenvalue weighted by Crippen LogP contribution is -2.51. The number of nitrogens with two attached hydrogens (primary N) is 1. The van der Waals surface area contributed by atoms with Crippen molar-refractivity contribution in [3.8, 4) is 11.5 Å². The molecule has 0 radical (unpaired) electrons. The highest BCUT2D eigenvalue weighted by Gasteiger charge is 2.45. The van der Waals surface area contributed by atoms with Gasteiger partial charge in [0.2, 0.25) is 0 Å². The van der Waals surface area contributed by atoms with Crippen molar-refractivity contribution in [1.29, 1.82) is 0 Å². The van der Waals surface area contributed by atoms with E-state index in [-0.39, 0.29) is 11.6 Å². The summed E-state index contributed by atoms with van der Waals surface area (Å²) in [7, 11) is 1.68. The van der Waals surface area contributed by atoms with Crippen molar-refractivity contribution in [3.63, 3.8) is 0 Å². The molecule has 2 aliphatic rings.